The molecule has 5 nitrogen and oxygen atoms in total. The van der Waals surface area contributed by atoms with Gasteiger partial charge in [-0.05, 0) is 30.7 Å². The highest BCUT2D eigenvalue weighted by Gasteiger charge is 2.34. The predicted octanol–water partition coefficient (Wildman–Crippen LogP) is 2.15. The summed E-state index contributed by atoms with van der Waals surface area (Å²) in [5, 5.41) is 9.68. The maximum absolute atomic E-state index is 12.7. The molecule has 2 saturated heterocycles. The number of aliphatic hydroxyl groups excluding tert-OH is 1. The zero-order chi connectivity index (χ0) is 16.2. The lowest BCUT2D eigenvalue weighted by molar-refractivity contribution is -0.121. The summed E-state index contributed by atoms with van der Waals surface area (Å²) >= 11 is 5.92. The van der Waals surface area contributed by atoms with Crippen molar-refractivity contribution < 1.29 is 9.90 Å². The van der Waals surface area contributed by atoms with Crippen LogP contribution in [0.25, 0.3) is 0 Å². The van der Waals surface area contributed by atoms with Gasteiger partial charge in [-0.25, -0.2) is 0 Å². The van der Waals surface area contributed by atoms with E-state index in [0.29, 0.717) is 5.02 Å². The molecule has 8 heteroatoms. The van der Waals surface area contributed by atoms with E-state index in [1.54, 1.807) is 0 Å². The van der Waals surface area contributed by atoms with Gasteiger partial charge in [0.15, 0.2) is 0 Å². The van der Waals surface area contributed by atoms with Gasteiger partial charge in [0.25, 0.3) is 0 Å². The van der Waals surface area contributed by atoms with E-state index >= 15 is 0 Å². The molecule has 0 saturated carbocycles. The van der Waals surface area contributed by atoms with Gasteiger partial charge in [-0.1, -0.05) is 11.6 Å². The molecule has 1 amide bonds. The third-order valence-corrected chi connectivity index (χ3v) is 5.07. The molecule has 2 fully saturated rings. The Bertz CT molecular complexity index is 536. The summed E-state index contributed by atoms with van der Waals surface area (Å²) in [7, 11) is 0. The number of β-amino-alcohol motifs (C(OH)–C–C–N with tert-alkyl or cyclic N) is 1. The quantitative estimate of drug-likeness (QED) is 0.808. The number of hydrogen-bond acceptors (Lipinski definition) is 4. The van der Waals surface area contributed by atoms with Crippen LogP contribution in [0.3, 0.4) is 0 Å². The minimum atomic E-state index is 0. The SMILES string of the molecule is Cl.Cl.O=C1C(CN2CCN(CCO)CC2)CCN1c1ccc(Cl)cc1. The predicted molar refractivity (Wildman–Crippen MR) is 106 cm³/mol. The third-order valence-electron chi connectivity index (χ3n) is 4.81. The van der Waals surface area contributed by atoms with Crippen LogP contribution >= 0.6 is 36.4 Å². The monoisotopic (exact) mass is 409 g/mol. The van der Waals surface area contributed by atoms with Crippen molar-refractivity contribution in [2.24, 2.45) is 5.92 Å². The van der Waals surface area contributed by atoms with Gasteiger partial charge < -0.3 is 14.9 Å². The maximum Gasteiger partial charge on any atom is 0.231 e. The molecule has 142 valence electrons. The first-order chi connectivity index (χ1) is 11.2. The van der Waals surface area contributed by atoms with Crippen molar-refractivity contribution in [1.82, 2.24) is 9.80 Å². The number of halogens is 3. The highest BCUT2D eigenvalue weighted by Crippen LogP contribution is 2.27. The summed E-state index contributed by atoms with van der Waals surface area (Å²) in [4.78, 5) is 19.2. The van der Waals surface area contributed by atoms with E-state index in [9.17, 15) is 4.79 Å². The number of nitrogens with zero attached hydrogens (tertiary/aromatic N) is 3. The van der Waals surface area contributed by atoms with Crippen LogP contribution in [0.4, 0.5) is 5.69 Å². The van der Waals surface area contributed by atoms with Crippen LogP contribution in [0, 0.1) is 5.92 Å². The van der Waals surface area contributed by atoms with Crippen LogP contribution in [0.2, 0.25) is 5.02 Å². The van der Waals surface area contributed by atoms with Gasteiger partial charge in [0.05, 0.1) is 12.5 Å². The first kappa shape index (κ1) is 22.5. The summed E-state index contributed by atoms with van der Waals surface area (Å²) in [5.74, 6) is 0.320. The second kappa shape index (κ2) is 10.6. The van der Waals surface area contributed by atoms with Crippen LogP contribution in [0.5, 0.6) is 0 Å². The minimum Gasteiger partial charge on any atom is -0.395 e. The Morgan fingerprint density at radius 1 is 1.00 bits per heavy atom. The van der Waals surface area contributed by atoms with E-state index < -0.39 is 0 Å². The number of piperazine rings is 1. The molecule has 1 N–H and O–H groups in total. The first-order valence-electron chi connectivity index (χ1n) is 8.30. The topological polar surface area (TPSA) is 47.0 Å². The second-order valence-corrected chi connectivity index (χ2v) is 6.75. The fraction of sp³-hybridized carbons (Fsp3) is 0.588. The molecule has 0 aromatic heterocycles. The van der Waals surface area contributed by atoms with Gasteiger partial charge in [0.1, 0.15) is 0 Å². The molecular weight excluding hydrogens is 385 g/mol. The number of rotatable bonds is 5. The number of benzene rings is 1. The molecular formula is C17H26Cl3N3O2. The van der Waals surface area contributed by atoms with Crippen molar-refractivity contribution in [3.05, 3.63) is 29.3 Å². The molecule has 25 heavy (non-hydrogen) atoms. The Morgan fingerprint density at radius 3 is 2.20 bits per heavy atom. The largest absolute Gasteiger partial charge is 0.395 e. The molecule has 0 aliphatic carbocycles. The average molecular weight is 411 g/mol. The zero-order valence-electron chi connectivity index (χ0n) is 14.1. The van der Waals surface area contributed by atoms with Crippen molar-refractivity contribution in [2.45, 2.75) is 6.42 Å². The number of anilines is 1. The highest BCUT2D eigenvalue weighted by atomic mass is 35.5. The van der Waals surface area contributed by atoms with E-state index in [-0.39, 0.29) is 43.2 Å². The van der Waals surface area contributed by atoms with Gasteiger partial charge >= 0.3 is 0 Å². The summed E-state index contributed by atoms with van der Waals surface area (Å²) in [5.41, 5.74) is 0.940. The molecule has 1 atom stereocenters. The summed E-state index contributed by atoms with van der Waals surface area (Å²) in [6.45, 7) is 6.50. The summed E-state index contributed by atoms with van der Waals surface area (Å²) in [6, 6.07) is 7.49. The molecule has 2 heterocycles. The lowest BCUT2D eigenvalue weighted by Crippen LogP contribution is -2.49. The molecule has 3 rings (SSSR count). The van der Waals surface area contributed by atoms with Crippen LogP contribution in [-0.4, -0.2) is 73.2 Å². The molecule has 2 aliphatic rings. The minimum absolute atomic E-state index is 0. The van der Waals surface area contributed by atoms with Crippen molar-refractivity contribution >= 4 is 48.0 Å². The lowest BCUT2D eigenvalue weighted by Gasteiger charge is -2.35. The summed E-state index contributed by atoms with van der Waals surface area (Å²) in [6.07, 6.45) is 0.915. The van der Waals surface area contributed by atoms with E-state index in [2.05, 4.69) is 9.80 Å². The number of aliphatic hydroxyl groups is 1. The molecule has 2 aliphatic heterocycles. The fourth-order valence-corrected chi connectivity index (χ4v) is 3.56. The van der Waals surface area contributed by atoms with Gasteiger partial charge in [-0.3, -0.25) is 9.69 Å². The number of hydrogen-bond donors (Lipinski definition) is 1. The van der Waals surface area contributed by atoms with E-state index in [4.69, 9.17) is 16.7 Å². The van der Waals surface area contributed by atoms with Crippen molar-refractivity contribution in [3.8, 4) is 0 Å². The van der Waals surface area contributed by atoms with Crippen LogP contribution in [-0.2, 0) is 4.79 Å². The van der Waals surface area contributed by atoms with Crippen LogP contribution in [0.1, 0.15) is 6.42 Å². The van der Waals surface area contributed by atoms with Gasteiger partial charge in [0.2, 0.25) is 5.91 Å². The van der Waals surface area contributed by atoms with Crippen LogP contribution in [0.15, 0.2) is 24.3 Å². The smallest absolute Gasteiger partial charge is 0.231 e. The first-order valence-corrected chi connectivity index (χ1v) is 8.67. The van der Waals surface area contributed by atoms with Gasteiger partial charge in [-0.2, -0.15) is 0 Å². The van der Waals surface area contributed by atoms with E-state index in [0.717, 1.165) is 57.9 Å². The average Bonchev–Trinajstić information content (AvgIpc) is 2.91. The maximum atomic E-state index is 12.7. The fourth-order valence-electron chi connectivity index (χ4n) is 3.43. The van der Waals surface area contributed by atoms with E-state index in [1.165, 1.54) is 0 Å². The standard InChI is InChI=1S/C17H24ClN3O2.2ClH/c18-15-1-3-16(4-2-15)21-6-5-14(17(21)23)13-20-9-7-19(8-10-20)11-12-22;;/h1-4,14,22H,5-13H2;2*1H. The molecule has 0 radical (unpaired) electrons. The molecule has 1 aromatic carbocycles. The van der Waals surface area contributed by atoms with E-state index in [1.807, 2.05) is 29.2 Å². The Balaban J connectivity index is 0.00000156. The molecule has 0 bridgehead atoms. The van der Waals surface area contributed by atoms with Crippen molar-refractivity contribution in [2.75, 3.05) is 57.3 Å². The number of carbonyl (C=O) groups excluding carboxylic acids is 1. The number of carbonyl (C=O) groups is 1. The number of amides is 1. The van der Waals surface area contributed by atoms with Crippen LogP contribution < -0.4 is 4.90 Å². The Morgan fingerprint density at radius 2 is 1.60 bits per heavy atom. The zero-order valence-corrected chi connectivity index (χ0v) is 16.5. The molecule has 1 aromatic rings. The van der Waals surface area contributed by atoms with Gasteiger partial charge in [0, 0.05) is 56.5 Å². The third kappa shape index (κ3) is 5.71. The molecule has 1 unspecified atom stereocenters. The summed E-state index contributed by atoms with van der Waals surface area (Å²) < 4.78 is 0. The second-order valence-electron chi connectivity index (χ2n) is 6.32. The Labute approximate surface area is 166 Å². The molecule has 0 spiro atoms. The highest BCUT2D eigenvalue weighted by molar-refractivity contribution is 6.30. The Kier molecular flexibility index (Phi) is 9.49. The van der Waals surface area contributed by atoms with Crippen molar-refractivity contribution in [1.29, 1.82) is 0 Å². The lowest BCUT2D eigenvalue weighted by atomic mass is 10.1. The van der Waals surface area contributed by atoms with Gasteiger partial charge in [-0.15, -0.1) is 24.8 Å². The normalized spacial score (nSPS) is 21.8. The Hall–Kier alpha value is -0.560. The van der Waals surface area contributed by atoms with Crippen molar-refractivity contribution in [3.63, 3.8) is 0 Å².